The van der Waals surface area contributed by atoms with Crippen molar-refractivity contribution in [1.29, 1.82) is 0 Å². The number of benzene rings is 3. The predicted octanol–water partition coefficient (Wildman–Crippen LogP) is 1.12. The molecule has 6 amide bonds. The molecule has 0 saturated carbocycles. The maximum absolute atomic E-state index is 14.7. The number of aromatic amines is 3. The number of amides is 6. The monoisotopic (exact) mass is 884 g/mol. The van der Waals surface area contributed by atoms with Crippen LogP contribution in [0, 0.1) is 0 Å². The number of carbonyl (C=O) groups is 6. The lowest BCUT2D eigenvalue weighted by atomic mass is 10.0. The summed E-state index contributed by atoms with van der Waals surface area (Å²) >= 11 is 0. The fourth-order valence-electron chi connectivity index (χ4n) is 8.38. The Bertz CT molecular complexity index is 2590. The number of para-hydroxylation sites is 2. The highest BCUT2D eigenvalue weighted by molar-refractivity contribution is 5.98. The SMILES string of the molecule is NCCCC[C@H](NC(=O)[C@H](Cc1ccccc1)NC(=O)[C@H](Cc1c[nH]c2ccccc12)N1CC[C@H](NC(=O)[C@@H](Cc2c[nH]c3ccccc23)NC(=O)[C@@H](N)Cc2c[nH]cn2)C1=O)C(N)=O. The topological polar surface area (TPSA) is 292 Å². The minimum Gasteiger partial charge on any atom is -0.368 e. The van der Waals surface area contributed by atoms with Gasteiger partial charge in [-0.3, -0.25) is 28.8 Å². The van der Waals surface area contributed by atoms with Crippen molar-refractivity contribution in [3.05, 3.63) is 126 Å². The van der Waals surface area contributed by atoms with Gasteiger partial charge in [0.25, 0.3) is 0 Å². The minimum atomic E-state index is -1.16. The largest absolute Gasteiger partial charge is 0.368 e. The lowest BCUT2D eigenvalue weighted by Crippen LogP contribution is -2.58. The van der Waals surface area contributed by atoms with Crippen LogP contribution in [-0.4, -0.2) is 110 Å². The average molecular weight is 885 g/mol. The van der Waals surface area contributed by atoms with Gasteiger partial charge in [0.2, 0.25) is 35.4 Å². The number of primary amides is 1. The molecule has 0 aliphatic carbocycles. The fraction of sp³-hybridized carbons (Fsp3) is 0.340. The lowest BCUT2D eigenvalue weighted by Gasteiger charge is -2.30. The van der Waals surface area contributed by atoms with E-state index in [1.165, 1.54) is 11.2 Å². The van der Waals surface area contributed by atoms with Gasteiger partial charge in [-0.1, -0.05) is 66.7 Å². The average Bonchev–Trinajstić information content (AvgIpc) is 4.13. The molecule has 6 atom stereocenters. The number of nitrogens with two attached hydrogens (primary N) is 3. The van der Waals surface area contributed by atoms with E-state index in [1.54, 1.807) is 18.6 Å². The molecule has 18 heteroatoms. The third-order valence-corrected chi connectivity index (χ3v) is 11.9. The summed E-state index contributed by atoms with van der Waals surface area (Å²) in [6.07, 6.45) is 8.65. The number of hydrogen-bond donors (Lipinski definition) is 10. The molecule has 0 radical (unpaired) electrons. The Morgan fingerprint density at radius 2 is 1.32 bits per heavy atom. The van der Waals surface area contributed by atoms with Crippen molar-refractivity contribution < 1.29 is 28.8 Å². The first-order chi connectivity index (χ1) is 31.5. The Hall–Kier alpha value is -7.31. The first-order valence-corrected chi connectivity index (χ1v) is 21.9. The van der Waals surface area contributed by atoms with Gasteiger partial charge in [-0.05, 0) is 61.1 Å². The highest BCUT2D eigenvalue weighted by atomic mass is 16.2. The van der Waals surface area contributed by atoms with Crippen molar-refractivity contribution >= 4 is 57.2 Å². The van der Waals surface area contributed by atoms with E-state index in [-0.39, 0.29) is 45.1 Å². The van der Waals surface area contributed by atoms with Crippen LogP contribution in [0.4, 0.5) is 0 Å². The summed E-state index contributed by atoms with van der Waals surface area (Å²) < 4.78 is 0. The van der Waals surface area contributed by atoms with Crippen molar-refractivity contribution in [1.82, 2.24) is 46.1 Å². The van der Waals surface area contributed by atoms with Crippen LogP contribution in [0.25, 0.3) is 21.8 Å². The molecule has 65 heavy (non-hydrogen) atoms. The Kier molecular flexibility index (Phi) is 15.0. The molecule has 0 bridgehead atoms. The highest BCUT2D eigenvalue weighted by Crippen LogP contribution is 2.25. The molecule has 7 rings (SSSR count). The van der Waals surface area contributed by atoms with Crippen LogP contribution in [-0.2, 0) is 54.5 Å². The number of hydrogen-bond acceptors (Lipinski definition) is 9. The number of imidazole rings is 1. The van der Waals surface area contributed by atoms with Gasteiger partial charge in [0, 0.05) is 72.6 Å². The van der Waals surface area contributed by atoms with Crippen molar-refractivity contribution in [2.75, 3.05) is 13.1 Å². The van der Waals surface area contributed by atoms with Gasteiger partial charge >= 0.3 is 0 Å². The van der Waals surface area contributed by atoms with E-state index in [9.17, 15) is 28.8 Å². The van der Waals surface area contributed by atoms with E-state index in [1.807, 2.05) is 78.9 Å². The minimum absolute atomic E-state index is 0.0675. The molecule has 4 heterocycles. The predicted molar refractivity (Wildman–Crippen MR) is 244 cm³/mol. The summed E-state index contributed by atoms with van der Waals surface area (Å²) in [5.41, 5.74) is 22.2. The standard InChI is InChI=1S/C47H56N12O6/c48-18-9-8-16-37(42(50)60)55-44(62)39(20-28-10-2-1-3-11-28)58-46(64)41(22-30-25-53-36-15-7-5-13-33(30)36)59-19-17-38(47(59)65)56-45(63)40(21-29-24-52-35-14-6-4-12-32(29)35)57-43(61)34(49)23-31-26-51-27-54-31/h1-7,10-15,24-27,34,37-41,52-53H,8-9,16-23,48-49H2,(H2,50,60)(H,51,54)(H,55,62)(H,56,63)(H,57,61)(H,58,64)/t34-,37-,38-,39-,40+,41-/m0/s1. The molecule has 13 N–H and O–H groups in total. The number of nitrogens with one attached hydrogen (secondary N) is 7. The smallest absolute Gasteiger partial charge is 0.245 e. The third-order valence-electron chi connectivity index (χ3n) is 11.9. The van der Waals surface area contributed by atoms with Gasteiger partial charge < -0.3 is 58.3 Å². The van der Waals surface area contributed by atoms with Gasteiger partial charge in [0.1, 0.15) is 30.2 Å². The number of rotatable bonds is 22. The van der Waals surface area contributed by atoms with E-state index in [4.69, 9.17) is 17.2 Å². The van der Waals surface area contributed by atoms with Crippen LogP contribution in [0.3, 0.4) is 0 Å². The summed E-state index contributed by atoms with van der Waals surface area (Å²) in [4.78, 5) is 98.3. The fourth-order valence-corrected chi connectivity index (χ4v) is 8.38. The molecule has 1 aliphatic heterocycles. The molecular weight excluding hydrogens is 829 g/mol. The molecule has 1 saturated heterocycles. The molecular formula is C47H56N12O6. The van der Waals surface area contributed by atoms with Crippen LogP contribution in [0.2, 0.25) is 0 Å². The Labute approximate surface area is 375 Å². The first-order valence-electron chi connectivity index (χ1n) is 21.9. The van der Waals surface area contributed by atoms with Crippen LogP contribution < -0.4 is 38.5 Å². The number of nitrogens with zero attached hydrogens (tertiary/aromatic N) is 2. The van der Waals surface area contributed by atoms with Crippen molar-refractivity contribution in [2.45, 2.75) is 87.6 Å². The molecule has 0 spiro atoms. The first kappa shape index (κ1) is 45.7. The van der Waals surface area contributed by atoms with E-state index in [0.29, 0.717) is 25.1 Å². The van der Waals surface area contributed by atoms with Crippen LogP contribution >= 0.6 is 0 Å². The summed E-state index contributed by atoms with van der Waals surface area (Å²) in [5, 5.41) is 13.0. The number of fused-ring (bicyclic) bond motifs is 2. The highest BCUT2D eigenvalue weighted by Gasteiger charge is 2.42. The number of unbranched alkanes of at least 4 members (excludes halogenated alkanes) is 1. The molecule has 18 nitrogen and oxygen atoms in total. The van der Waals surface area contributed by atoms with E-state index in [2.05, 4.69) is 41.2 Å². The number of H-pyrrole nitrogens is 3. The maximum atomic E-state index is 14.7. The van der Waals surface area contributed by atoms with E-state index < -0.39 is 71.7 Å². The molecule has 1 aliphatic rings. The summed E-state index contributed by atoms with van der Waals surface area (Å²) in [7, 11) is 0. The van der Waals surface area contributed by atoms with Gasteiger partial charge in [0.15, 0.2) is 0 Å². The number of aromatic nitrogens is 4. The Morgan fingerprint density at radius 1 is 0.708 bits per heavy atom. The zero-order valence-electron chi connectivity index (χ0n) is 35.9. The molecule has 1 fully saturated rings. The molecule has 6 aromatic rings. The normalized spacial score (nSPS) is 16.1. The second-order valence-electron chi connectivity index (χ2n) is 16.5. The molecule has 3 aromatic heterocycles. The maximum Gasteiger partial charge on any atom is 0.245 e. The van der Waals surface area contributed by atoms with Gasteiger partial charge in [-0.15, -0.1) is 0 Å². The van der Waals surface area contributed by atoms with Crippen LogP contribution in [0.5, 0.6) is 0 Å². The van der Waals surface area contributed by atoms with E-state index >= 15 is 0 Å². The summed E-state index contributed by atoms with van der Waals surface area (Å²) in [6, 6.07) is 17.8. The van der Waals surface area contributed by atoms with Crippen LogP contribution in [0.15, 0.2) is 104 Å². The van der Waals surface area contributed by atoms with Crippen molar-refractivity contribution in [3.8, 4) is 0 Å². The van der Waals surface area contributed by atoms with Gasteiger partial charge in [0.05, 0.1) is 18.1 Å². The van der Waals surface area contributed by atoms with Crippen molar-refractivity contribution in [2.24, 2.45) is 17.2 Å². The second kappa shape index (κ2) is 21.4. The second-order valence-corrected chi connectivity index (χ2v) is 16.5. The Morgan fingerprint density at radius 3 is 1.97 bits per heavy atom. The quantitative estimate of drug-likeness (QED) is 0.0437. The lowest BCUT2D eigenvalue weighted by molar-refractivity contribution is -0.140. The number of carbonyl (C=O) groups excluding carboxylic acids is 6. The van der Waals surface area contributed by atoms with Crippen LogP contribution in [0.1, 0.15) is 48.1 Å². The van der Waals surface area contributed by atoms with Crippen molar-refractivity contribution in [3.63, 3.8) is 0 Å². The summed E-state index contributed by atoms with van der Waals surface area (Å²) in [5.74, 6) is -3.63. The Balaban J connectivity index is 1.13. The molecule has 3 aromatic carbocycles. The van der Waals surface area contributed by atoms with E-state index in [0.717, 1.165) is 38.5 Å². The summed E-state index contributed by atoms with van der Waals surface area (Å²) in [6.45, 7) is 0.506. The zero-order chi connectivity index (χ0) is 45.9. The third kappa shape index (κ3) is 11.5. The van der Waals surface area contributed by atoms with Gasteiger partial charge in [-0.2, -0.15) is 0 Å². The molecule has 0 unspecified atom stereocenters. The zero-order valence-corrected chi connectivity index (χ0v) is 35.9. The number of likely N-dealkylation sites (tertiary alicyclic amines) is 1. The molecule has 340 valence electrons. The van der Waals surface area contributed by atoms with Gasteiger partial charge in [-0.25, -0.2) is 4.98 Å².